The fourth-order valence-electron chi connectivity index (χ4n) is 3.40. The standard InChI is InChI=1S/C18H30N4O4/c1-17(2)13(23)19-15(25)21(17)11-9-7-5-6-8-10-12-22-16(26)20-14(24)18(22,3)4/h5-12H2,1-4H3,(H,19,23,25)(H,20,24,26). The van der Waals surface area contributed by atoms with Gasteiger partial charge >= 0.3 is 12.1 Å². The fourth-order valence-corrected chi connectivity index (χ4v) is 3.40. The van der Waals surface area contributed by atoms with Gasteiger partial charge in [0.15, 0.2) is 0 Å². The SMILES string of the molecule is CC1(C)C(=O)NC(=O)N1CCCCCCCCN1C(=O)NC(=O)C1(C)C. The summed E-state index contributed by atoms with van der Waals surface area (Å²) >= 11 is 0. The molecule has 0 aliphatic carbocycles. The number of imide groups is 2. The highest BCUT2D eigenvalue weighted by Gasteiger charge is 2.45. The number of carbonyl (C=O) groups is 4. The molecule has 8 nitrogen and oxygen atoms in total. The molecule has 6 amide bonds. The van der Waals surface area contributed by atoms with E-state index in [0.29, 0.717) is 13.1 Å². The summed E-state index contributed by atoms with van der Waals surface area (Å²) < 4.78 is 0. The Morgan fingerprint density at radius 1 is 0.615 bits per heavy atom. The summed E-state index contributed by atoms with van der Waals surface area (Å²) in [5.74, 6) is -0.482. The largest absolute Gasteiger partial charge is 0.324 e. The smallest absolute Gasteiger partial charge is 0.310 e. The molecule has 0 spiro atoms. The van der Waals surface area contributed by atoms with Crippen LogP contribution in [-0.4, -0.2) is 57.8 Å². The lowest BCUT2D eigenvalue weighted by atomic mass is 10.0. The van der Waals surface area contributed by atoms with Gasteiger partial charge in [-0.3, -0.25) is 20.2 Å². The Morgan fingerprint density at radius 3 is 1.19 bits per heavy atom. The molecule has 0 aromatic rings. The van der Waals surface area contributed by atoms with E-state index in [1.165, 1.54) is 0 Å². The van der Waals surface area contributed by atoms with Crippen molar-refractivity contribution in [2.45, 2.75) is 77.3 Å². The topological polar surface area (TPSA) is 98.8 Å². The van der Waals surface area contributed by atoms with Crippen LogP contribution in [0.4, 0.5) is 9.59 Å². The van der Waals surface area contributed by atoms with E-state index < -0.39 is 11.1 Å². The zero-order valence-corrected chi connectivity index (χ0v) is 16.2. The zero-order valence-electron chi connectivity index (χ0n) is 16.2. The molecular formula is C18H30N4O4. The molecule has 0 radical (unpaired) electrons. The van der Waals surface area contributed by atoms with Crippen molar-refractivity contribution >= 4 is 23.9 Å². The summed E-state index contributed by atoms with van der Waals surface area (Å²) in [5, 5.41) is 4.71. The van der Waals surface area contributed by atoms with Crippen molar-refractivity contribution in [3.63, 3.8) is 0 Å². The first-order valence-corrected chi connectivity index (χ1v) is 9.34. The van der Waals surface area contributed by atoms with Gasteiger partial charge in [0.25, 0.3) is 11.8 Å². The van der Waals surface area contributed by atoms with Gasteiger partial charge in [-0.15, -0.1) is 0 Å². The summed E-state index contributed by atoms with van der Waals surface area (Å²) in [6.07, 6.45) is 5.78. The number of nitrogens with one attached hydrogen (secondary N) is 2. The van der Waals surface area contributed by atoms with E-state index in [9.17, 15) is 19.2 Å². The van der Waals surface area contributed by atoms with E-state index in [4.69, 9.17) is 0 Å². The summed E-state index contributed by atoms with van der Waals surface area (Å²) in [6, 6.07) is -0.609. The quantitative estimate of drug-likeness (QED) is 0.481. The Morgan fingerprint density at radius 2 is 0.923 bits per heavy atom. The van der Waals surface area contributed by atoms with E-state index in [0.717, 1.165) is 38.5 Å². The minimum absolute atomic E-state index is 0.241. The molecule has 2 heterocycles. The van der Waals surface area contributed by atoms with Gasteiger partial charge in [0, 0.05) is 13.1 Å². The predicted octanol–water partition coefficient (Wildman–Crippen LogP) is 1.99. The number of nitrogens with zero attached hydrogens (tertiary/aromatic N) is 2. The molecular weight excluding hydrogens is 336 g/mol. The molecule has 0 saturated carbocycles. The Labute approximate surface area is 154 Å². The van der Waals surface area contributed by atoms with Crippen LogP contribution in [0.3, 0.4) is 0 Å². The molecule has 0 bridgehead atoms. The van der Waals surface area contributed by atoms with Crippen molar-refractivity contribution in [3.8, 4) is 0 Å². The summed E-state index contributed by atoms with van der Waals surface area (Å²) in [5.41, 5.74) is -1.53. The van der Waals surface area contributed by atoms with Crippen LogP contribution in [0.1, 0.15) is 66.2 Å². The first kappa shape index (κ1) is 20.2. The average Bonchev–Trinajstić information content (AvgIpc) is 2.85. The minimum Gasteiger partial charge on any atom is -0.310 e. The maximum atomic E-state index is 11.8. The van der Waals surface area contributed by atoms with Gasteiger partial charge in [0.2, 0.25) is 0 Å². The van der Waals surface area contributed by atoms with Crippen LogP contribution in [0.5, 0.6) is 0 Å². The summed E-state index contributed by atoms with van der Waals surface area (Å²) in [6.45, 7) is 8.19. The van der Waals surface area contributed by atoms with Crippen LogP contribution < -0.4 is 10.6 Å². The monoisotopic (exact) mass is 366 g/mol. The second-order valence-electron chi connectivity index (χ2n) is 8.06. The minimum atomic E-state index is -0.766. The third-order valence-electron chi connectivity index (χ3n) is 5.41. The van der Waals surface area contributed by atoms with E-state index in [2.05, 4.69) is 10.6 Å². The molecule has 0 unspecified atom stereocenters. The van der Waals surface area contributed by atoms with Crippen molar-refractivity contribution in [2.24, 2.45) is 0 Å². The maximum Gasteiger partial charge on any atom is 0.324 e. The normalized spacial score (nSPS) is 21.4. The molecule has 8 heteroatoms. The van der Waals surface area contributed by atoms with Gasteiger partial charge in [-0.1, -0.05) is 25.7 Å². The lowest BCUT2D eigenvalue weighted by Gasteiger charge is -2.28. The predicted molar refractivity (Wildman–Crippen MR) is 96.3 cm³/mol. The first-order valence-electron chi connectivity index (χ1n) is 9.34. The highest BCUT2D eigenvalue weighted by molar-refractivity contribution is 6.07. The van der Waals surface area contributed by atoms with Crippen molar-refractivity contribution in [2.75, 3.05) is 13.1 Å². The molecule has 0 aromatic heterocycles. The number of amides is 6. The van der Waals surface area contributed by atoms with Gasteiger partial charge in [0.05, 0.1) is 0 Å². The third-order valence-corrected chi connectivity index (χ3v) is 5.41. The number of urea groups is 2. The van der Waals surface area contributed by atoms with Gasteiger partial charge in [-0.25, -0.2) is 9.59 Å². The first-order chi connectivity index (χ1) is 12.1. The maximum absolute atomic E-state index is 11.8. The Kier molecular flexibility index (Phi) is 5.93. The molecule has 2 N–H and O–H groups in total. The lowest BCUT2D eigenvalue weighted by molar-refractivity contribution is -0.125. The van der Waals surface area contributed by atoms with Crippen molar-refractivity contribution < 1.29 is 19.2 Å². The number of carbonyl (C=O) groups excluding carboxylic acids is 4. The van der Waals surface area contributed by atoms with Crippen LogP contribution in [0.2, 0.25) is 0 Å². The number of hydrogen-bond donors (Lipinski definition) is 2. The molecule has 0 atom stereocenters. The average molecular weight is 366 g/mol. The van der Waals surface area contributed by atoms with Crippen LogP contribution >= 0.6 is 0 Å². The fraction of sp³-hybridized carbons (Fsp3) is 0.778. The van der Waals surface area contributed by atoms with E-state index in [-0.39, 0.29) is 23.9 Å². The number of hydrogen-bond acceptors (Lipinski definition) is 4. The number of unbranched alkanes of at least 4 members (excludes halogenated alkanes) is 5. The van der Waals surface area contributed by atoms with Gasteiger partial charge in [-0.05, 0) is 40.5 Å². The van der Waals surface area contributed by atoms with Crippen LogP contribution in [-0.2, 0) is 9.59 Å². The second-order valence-corrected chi connectivity index (χ2v) is 8.06. The van der Waals surface area contributed by atoms with Gasteiger partial charge in [-0.2, -0.15) is 0 Å². The molecule has 2 saturated heterocycles. The lowest BCUT2D eigenvalue weighted by Crippen LogP contribution is -2.44. The van der Waals surface area contributed by atoms with Crippen molar-refractivity contribution in [1.82, 2.24) is 20.4 Å². The van der Waals surface area contributed by atoms with Gasteiger partial charge in [0.1, 0.15) is 11.1 Å². The molecule has 2 aliphatic heterocycles. The third kappa shape index (κ3) is 3.99. The highest BCUT2D eigenvalue weighted by atomic mass is 16.2. The molecule has 2 rings (SSSR count). The Bertz CT molecular complexity index is 548. The van der Waals surface area contributed by atoms with Crippen LogP contribution in [0.15, 0.2) is 0 Å². The molecule has 0 aromatic carbocycles. The second kappa shape index (κ2) is 7.63. The summed E-state index contributed by atoms with van der Waals surface area (Å²) in [4.78, 5) is 50.1. The van der Waals surface area contributed by atoms with Gasteiger partial charge < -0.3 is 9.80 Å². The van der Waals surface area contributed by atoms with E-state index >= 15 is 0 Å². The molecule has 146 valence electrons. The summed E-state index contributed by atoms with van der Waals surface area (Å²) in [7, 11) is 0. The molecule has 2 fully saturated rings. The van der Waals surface area contributed by atoms with E-state index in [1.54, 1.807) is 37.5 Å². The van der Waals surface area contributed by atoms with Crippen LogP contribution in [0.25, 0.3) is 0 Å². The zero-order chi connectivity index (χ0) is 19.5. The Hall–Kier alpha value is -2.12. The molecule has 26 heavy (non-hydrogen) atoms. The van der Waals surface area contributed by atoms with Crippen molar-refractivity contribution in [1.29, 1.82) is 0 Å². The van der Waals surface area contributed by atoms with E-state index in [1.807, 2.05) is 0 Å². The Balaban J connectivity index is 1.58. The number of rotatable bonds is 9. The van der Waals surface area contributed by atoms with Crippen molar-refractivity contribution in [3.05, 3.63) is 0 Å². The van der Waals surface area contributed by atoms with Crippen LogP contribution in [0, 0.1) is 0 Å². The molecule has 2 aliphatic rings. The highest BCUT2D eigenvalue weighted by Crippen LogP contribution is 2.23.